The minimum Gasteiger partial charge on any atom is -0.207 e. The van der Waals surface area contributed by atoms with Crippen LogP contribution in [0.3, 0.4) is 0 Å². The number of piperidine rings is 1. The molecule has 3 rings (SSSR count). The minimum atomic E-state index is -3.68. The van der Waals surface area contributed by atoms with Gasteiger partial charge in [0.25, 0.3) is 0 Å². The fourth-order valence-electron chi connectivity index (χ4n) is 2.83. The molecule has 2 aromatic rings. The summed E-state index contributed by atoms with van der Waals surface area (Å²) in [6, 6.07) is 9.13. The van der Waals surface area contributed by atoms with Gasteiger partial charge in [0.05, 0.1) is 9.79 Å². The lowest BCUT2D eigenvalue weighted by Gasteiger charge is -2.29. The summed E-state index contributed by atoms with van der Waals surface area (Å²) < 4.78 is 54.1. The number of benzene rings is 1. The molecule has 2 heterocycles. The number of nitrogens with one attached hydrogen (secondary N) is 1. The maximum Gasteiger partial charge on any atom is 0.243 e. The molecule has 1 aromatic carbocycles. The first-order chi connectivity index (χ1) is 12.3. The number of thiophene rings is 1. The van der Waals surface area contributed by atoms with Crippen LogP contribution in [0.5, 0.6) is 0 Å². The Morgan fingerprint density at radius 1 is 1.04 bits per heavy atom. The van der Waals surface area contributed by atoms with E-state index in [9.17, 15) is 16.8 Å². The molecular weight excluding hydrogens is 392 g/mol. The van der Waals surface area contributed by atoms with Gasteiger partial charge in [-0.25, -0.2) is 21.6 Å². The molecule has 0 radical (unpaired) electrons. The summed E-state index contributed by atoms with van der Waals surface area (Å²) in [6.45, 7) is 3.34. The van der Waals surface area contributed by atoms with Gasteiger partial charge < -0.3 is 0 Å². The molecule has 0 spiro atoms. The fourth-order valence-corrected chi connectivity index (χ4v) is 6.04. The highest BCUT2D eigenvalue weighted by Gasteiger charge is 2.28. The third-order valence-corrected chi connectivity index (χ3v) is 8.74. The molecule has 0 bridgehead atoms. The predicted octanol–water partition coefficient (Wildman–Crippen LogP) is 2.65. The van der Waals surface area contributed by atoms with E-state index in [1.165, 1.54) is 39.9 Å². The summed E-state index contributed by atoms with van der Waals surface area (Å²) in [5, 5.41) is 1.88. The first-order valence-electron chi connectivity index (χ1n) is 8.41. The Hall–Kier alpha value is -1.26. The molecule has 1 N–H and O–H groups in total. The molecule has 1 aromatic heterocycles. The van der Waals surface area contributed by atoms with Gasteiger partial charge in [-0.2, -0.15) is 4.31 Å². The van der Waals surface area contributed by atoms with Gasteiger partial charge in [0.15, 0.2) is 0 Å². The zero-order chi connectivity index (χ0) is 18.8. The lowest BCUT2D eigenvalue weighted by atomic mass is 10.0. The minimum absolute atomic E-state index is 0.0558. The molecule has 1 aliphatic heterocycles. The molecule has 1 aliphatic rings. The summed E-state index contributed by atoms with van der Waals surface area (Å²) in [7, 11) is -7.26. The Balaban J connectivity index is 1.73. The van der Waals surface area contributed by atoms with Gasteiger partial charge in [0.1, 0.15) is 0 Å². The van der Waals surface area contributed by atoms with Crippen LogP contribution in [0.15, 0.2) is 51.6 Å². The highest BCUT2D eigenvalue weighted by atomic mass is 32.2. The summed E-state index contributed by atoms with van der Waals surface area (Å²) >= 11 is 1.47. The van der Waals surface area contributed by atoms with Crippen LogP contribution in [0, 0.1) is 5.92 Å². The van der Waals surface area contributed by atoms with Gasteiger partial charge in [-0.15, -0.1) is 11.3 Å². The third kappa shape index (κ3) is 4.34. The van der Waals surface area contributed by atoms with Gasteiger partial charge in [-0.3, -0.25) is 0 Å². The van der Waals surface area contributed by atoms with Crippen LogP contribution in [0.1, 0.15) is 24.6 Å². The molecule has 0 aliphatic carbocycles. The SMILES string of the molecule is CC1CCN(S(=O)(=O)c2ccc(S(=O)(=O)NCc3cccs3)cc2)CC1. The van der Waals surface area contributed by atoms with Crippen molar-refractivity contribution in [2.24, 2.45) is 5.92 Å². The van der Waals surface area contributed by atoms with Crippen molar-refractivity contribution in [3.05, 3.63) is 46.7 Å². The highest BCUT2D eigenvalue weighted by molar-refractivity contribution is 7.89. The molecular formula is C17H22N2O4S3. The Morgan fingerprint density at radius 3 is 2.23 bits per heavy atom. The van der Waals surface area contributed by atoms with Crippen LogP contribution in [-0.4, -0.2) is 34.2 Å². The average molecular weight is 415 g/mol. The Kier molecular flexibility index (Phi) is 5.83. The molecule has 1 fully saturated rings. The molecule has 6 nitrogen and oxygen atoms in total. The van der Waals surface area contributed by atoms with Gasteiger partial charge in [0, 0.05) is 24.5 Å². The second kappa shape index (κ2) is 7.77. The standard InChI is InChI=1S/C17H22N2O4S3/c1-14-8-10-19(11-9-14)26(22,23)17-6-4-16(5-7-17)25(20,21)18-13-15-3-2-12-24-15/h2-7,12,14,18H,8-11,13H2,1H3. The van der Waals surface area contributed by atoms with Crippen LogP contribution in [-0.2, 0) is 26.6 Å². The Morgan fingerprint density at radius 2 is 1.65 bits per heavy atom. The van der Waals surface area contributed by atoms with Crippen molar-refractivity contribution in [3.8, 4) is 0 Å². The van der Waals surface area contributed by atoms with Crippen molar-refractivity contribution in [2.75, 3.05) is 13.1 Å². The van der Waals surface area contributed by atoms with Gasteiger partial charge in [-0.1, -0.05) is 13.0 Å². The van der Waals surface area contributed by atoms with E-state index in [2.05, 4.69) is 11.6 Å². The molecule has 1 saturated heterocycles. The Bertz CT molecular complexity index is 928. The lowest BCUT2D eigenvalue weighted by molar-refractivity contribution is 0.288. The van der Waals surface area contributed by atoms with Crippen molar-refractivity contribution in [1.29, 1.82) is 0 Å². The summed E-state index contributed by atoms with van der Waals surface area (Å²) in [6.07, 6.45) is 1.69. The summed E-state index contributed by atoms with van der Waals surface area (Å²) in [5.41, 5.74) is 0. The van der Waals surface area contributed by atoms with Crippen LogP contribution < -0.4 is 4.72 Å². The van der Waals surface area contributed by atoms with E-state index in [0.29, 0.717) is 19.0 Å². The maximum absolute atomic E-state index is 12.7. The number of hydrogen-bond acceptors (Lipinski definition) is 5. The second-order valence-electron chi connectivity index (χ2n) is 6.46. The van der Waals surface area contributed by atoms with E-state index >= 15 is 0 Å². The second-order valence-corrected chi connectivity index (χ2v) is 11.2. The normalized spacial score (nSPS) is 17.4. The largest absolute Gasteiger partial charge is 0.243 e. The quantitative estimate of drug-likeness (QED) is 0.788. The van der Waals surface area contributed by atoms with E-state index in [4.69, 9.17) is 0 Å². The lowest BCUT2D eigenvalue weighted by Crippen LogP contribution is -2.37. The number of rotatable bonds is 6. The monoisotopic (exact) mass is 414 g/mol. The van der Waals surface area contributed by atoms with Crippen molar-refractivity contribution in [2.45, 2.75) is 36.1 Å². The third-order valence-electron chi connectivity index (χ3n) is 4.53. The Labute approximate surface area is 159 Å². The van der Waals surface area contributed by atoms with Gasteiger partial charge in [-0.05, 0) is 54.5 Å². The summed E-state index contributed by atoms with van der Waals surface area (Å²) in [4.78, 5) is 1.09. The molecule has 9 heteroatoms. The molecule has 26 heavy (non-hydrogen) atoms. The van der Waals surface area contributed by atoms with Gasteiger partial charge in [0.2, 0.25) is 20.0 Å². The average Bonchev–Trinajstić information content (AvgIpc) is 3.14. The molecule has 0 atom stereocenters. The molecule has 0 unspecified atom stereocenters. The van der Waals surface area contributed by atoms with Crippen LogP contribution in [0.25, 0.3) is 0 Å². The van der Waals surface area contributed by atoms with Crippen LogP contribution >= 0.6 is 11.3 Å². The zero-order valence-electron chi connectivity index (χ0n) is 14.5. The summed E-state index contributed by atoms with van der Waals surface area (Å²) in [5.74, 6) is 0.531. The van der Waals surface area contributed by atoms with E-state index in [1.807, 2.05) is 17.5 Å². The highest BCUT2D eigenvalue weighted by Crippen LogP contribution is 2.24. The van der Waals surface area contributed by atoms with E-state index in [0.717, 1.165) is 17.7 Å². The van der Waals surface area contributed by atoms with E-state index in [-0.39, 0.29) is 16.3 Å². The van der Waals surface area contributed by atoms with Crippen LogP contribution in [0.2, 0.25) is 0 Å². The van der Waals surface area contributed by atoms with E-state index < -0.39 is 20.0 Å². The first kappa shape index (κ1) is 19.5. The number of hydrogen-bond donors (Lipinski definition) is 1. The van der Waals surface area contributed by atoms with Crippen molar-refractivity contribution in [3.63, 3.8) is 0 Å². The molecule has 142 valence electrons. The van der Waals surface area contributed by atoms with E-state index in [1.54, 1.807) is 0 Å². The maximum atomic E-state index is 12.7. The smallest absolute Gasteiger partial charge is 0.207 e. The zero-order valence-corrected chi connectivity index (χ0v) is 16.9. The predicted molar refractivity (Wildman–Crippen MR) is 102 cm³/mol. The van der Waals surface area contributed by atoms with Crippen LogP contribution in [0.4, 0.5) is 0 Å². The van der Waals surface area contributed by atoms with Crippen molar-refractivity contribution < 1.29 is 16.8 Å². The topological polar surface area (TPSA) is 83.6 Å². The number of nitrogens with zero attached hydrogens (tertiary/aromatic N) is 1. The molecule has 0 saturated carbocycles. The number of sulfonamides is 2. The first-order valence-corrected chi connectivity index (χ1v) is 12.2. The van der Waals surface area contributed by atoms with Crippen molar-refractivity contribution >= 4 is 31.4 Å². The van der Waals surface area contributed by atoms with Crippen molar-refractivity contribution in [1.82, 2.24) is 9.03 Å². The fraction of sp³-hybridized carbons (Fsp3) is 0.412. The molecule has 0 amide bonds. The van der Waals surface area contributed by atoms with Gasteiger partial charge >= 0.3 is 0 Å².